The number of aryl methyl sites for hydroxylation is 1. The molecule has 1 heterocycles. The first kappa shape index (κ1) is 22.0. The quantitative estimate of drug-likeness (QED) is 0.389. The van der Waals surface area contributed by atoms with E-state index in [2.05, 4.69) is 45.6 Å². The number of guanidine groups is 1. The Morgan fingerprint density at radius 3 is 2.52 bits per heavy atom. The summed E-state index contributed by atoms with van der Waals surface area (Å²) in [5.41, 5.74) is 2.34. The third-order valence-electron chi connectivity index (χ3n) is 4.53. The van der Waals surface area contributed by atoms with Crippen LogP contribution in [0.2, 0.25) is 0 Å². The monoisotopic (exact) mass is 460 g/mol. The molecule has 2 N–H and O–H groups in total. The Morgan fingerprint density at radius 1 is 1.16 bits per heavy atom. The molecule has 2 rings (SSSR count). The third kappa shape index (κ3) is 7.81. The van der Waals surface area contributed by atoms with E-state index in [1.165, 1.54) is 44.3 Å². The van der Waals surface area contributed by atoms with E-state index in [9.17, 15) is 0 Å². The van der Waals surface area contributed by atoms with Gasteiger partial charge in [-0.25, -0.2) is 0 Å². The lowest BCUT2D eigenvalue weighted by Gasteiger charge is -2.21. The summed E-state index contributed by atoms with van der Waals surface area (Å²) >= 11 is 0. The highest BCUT2D eigenvalue weighted by Gasteiger charge is 2.09. The van der Waals surface area contributed by atoms with Gasteiger partial charge in [-0.3, -0.25) is 4.99 Å². The van der Waals surface area contributed by atoms with Gasteiger partial charge in [0, 0.05) is 32.2 Å². The Hall–Kier alpha value is -1.02. The zero-order chi connectivity index (χ0) is 17.2. The fourth-order valence-corrected chi connectivity index (χ4v) is 3.09. The number of likely N-dealkylation sites (tertiary alicyclic amines) is 1. The summed E-state index contributed by atoms with van der Waals surface area (Å²) in [6, 6.07) is 6.27. The summed E-state index contributed by atoms with van der Waals surface area (Å²) in [4.78, 5) is 6.86. The minimum Gasteiger partial charge on any atom is -0.496 e. The summed E-state index contributed by atoms with van der Waals surface area (Å²) in [7, 11) is 3.53. The van der Waals surface area contributed by atoms with Crippen molar-refractivity contribution in [2.75, 3.05) is 40.3 Å². The summed E-state index contributed by atoms with van der Waals surface area (Å²) in [5.74, 6) is 1.76. The smallest absolute Gasteiger partial charge is 0.191 e. The van der Waals surface area contributed by atoms with Gasteiger partial charge in [-0.1, -0.05) is 25.0 Å². The van der Waals surface area contributed by atoms with Crippen LogP contribution in [0.15, 0.2) is 23.2 Å². The van der Waals surface area contributed by atoms with E-state index in [1.807, 2.05) is 7.05 Å². The highest BCUT2D eigenvalue weighted by atomic mass is 127. The molecule has 6 heteroatoms. The number of ether oxygens (including phenoxy) is 1. The maximum absolute atomic E-state index is 5.46. The van der Waals surface area contributed by atoms with Gasteiger partial charge in [0.15, 0.2) is 5.96 Å². The van der Waals surface area contributed by atoms with E-state index in [4.69, 9.17) is 4.74 Å². The Labute approximate surface area is 169 Å². The lowest BCUT2D eigenvalue weighted by molar-refractivity contribution is 0.289. The summed E-state index contributed by atoms with van der Waals surface area (Å²) in [6.45, 7) is 7.23. The number of benzene rings is 1. The molecule has 1 aliphatic rings. The summed E-state index contributed by atoms with van der Waals surface area (Å²) in [6.07, 6.45) is 5.43. The Bertz CT molecular complexity index is 528. The maximum Gasteiger partial charge on any atom is 0.191 e. The molecular formula is C19H33IN4O. The average molecular weight is 460 g/mol. The highest BCUT2D eigenvalue weighted by Crippen LogP contribution is 2.19. The van der Waals surface area contributed by atoms with Crippen LogP contribution in [0, 0.1) is 6.92 Å². The SMILES string of the molecule is CN=C(NCCN1CCCCCC1)NCc1ccc(C)cc1OC.I. The normalized spacial score (nSPS) is 15.9. The number of halogens is 1. The zero-order valence-corrected chi connectivity index (χ0v) is 18.1. The van der Waals surface area contributed by atoms with Gasteiger partial charge in [-0.05, 0) is 44.5 Å². The average Bonchev–Trinajstić information content (AvgIpc) is 2.87. The largest absolute Gasteiger partial charge is 0.496 e. The van der Waals surface area contributed by atoms with Gasteiger partial charge >= 0.3 is 0 Å². The first-order chi connectivity index (χ1) is 11.7. The second-order valence-corrected chi connectivity index (χ2v) is 6.42. The van der Waals surface area contributed by atoms with E-state index in [-0.39, 0.29) is 24.0 Å². The Balaban J connectivity index is 0.00000312. The van der Waals surface area contributed by atoms with Crippen molar-refractivity contribution in [1.82, 2.24) is 15.5 Å². The van der Waals surface area contributed by atoms with Crippen molar-refractivity contribution in [3.05, 3.63) is 29.3 Å². The Kier molecular flexibility index (Phi) is 10.9. The zero-order valence-electron chi connectivity index (χ0n) is 15.8. The number of aliphatic imine (C=N–C) groups is 1. The van der Waals surface area contributed by atoms with Gasteiger partial charge in [0.2, 0.25) is 0 Å². The first-order valence-corrected chi connectivity index (χ1v) is 9.03. The van der Waals surface area contributed by atoms with E-state index >= 15 is 0 Å². The van der Waals surface area contributed by atoms with Crippen molar-refractivity contribution in [3.8, 4) is 5.75 Å². The van der Waals surface area contributed by atoms with Crippen LogP contribution in [-0.4, -0.2) is 51.2 Å². The second-order valence-electron chi connectivity index (χ2n) is 6.42. The van der Waals surface area contributed by atoms with E-state index < -0.39 is 0 Å². The van der Waals surface area contributed by atoms with Crippen molar-refractivity contribution in [3.63, 3.8) is 0 Å². The molecule has 0 aliphatic carbocycles. The fraction of sp³-hybridized carbons (Fsp3) is 0.632. The van der Waals surface area contributed by atoms with Gasteiger partial charge in [-0.2, -0.15) is 0 Å². The van der Waals surface area contributed by atoms with Crippen molar-refractivity contribution in [1.29, 1.82) is 0 Å². The molecule has 1 fully saturated rings. The first-order valence-electron chi connectivity index (χ1n) is 9.03. The van der Waals surface area contributed by atoms with E-state index in [1.54, 1.807) is 7.11 Å². The molecule has 1 saturated heterocycles. The molecule has 5 nitrogen and oxygen atoms in total. The maximum atomic E-state index is 5.46. The number of nitrogens with one attached hydrogen (secondary N) is 2. The van der Waals surface area contributed by atoms with Crippen molar-refractivity contribution >= 4 is 29.9 Å². The van der Waals surface area contributed by atoms with Crippen LogP contribution in [-0.2, 0) is 6.54 Å². The van der Waals surface area contributed by atoms with Crippen LogP contribution in [0.25, 0.3) is 0 Å². The minimum atomic E-state index is 0. The van der Waals surface area contributed by atoms with Crippen molar-refractivity contribution in [2.45, 2.75) is 39.2 Å². The lowest BCUT2D eigenvalue weighted by atomic mass is 10.1. The fourth-order valence-electron chi connectivity index (χ4n) is 3.09. The van der Waals surface area contributed by atoms with Crippen molar-refractivity contribution < 1.29 is 4.74 Å². The second kappa shape index (κ2) is 12.4. The molecule has 0 atom stereocenters. The predicted molar refractivity (Wildman–Crippen MR) is 116 cm³/mol. The van der Waals surface area contributed by atoms with E-state index in [0.717, 1.165) is 30.4 Å². The molecule has 0 spiro atoms. The molecule has 142 valence electrons. The molecule has 0 radical (unpaired) electrons. The number of hydrogen-bond acceptors (Lipinski definition) is 3. The lowest BCUT2D eigenvalue weighted by Crippen LogP contribution is -2.41. The van der Waals surface area contributed by atoms with Crippen LogP contribution in [0.5, 0.6) is 5.75 Å². The van der Waals surface area contributed by atoms with Crippen LogP contribution in [0.3, 0.4) is 0 Å². The molecular weight excluding hydrogens is 427 g/mol. The van der Waals surface area contributed by atoms with Gasteiger partial charge in [-0.15, -0.1) is 24.0 Å². The molecule has 0 bridgehead atoms. The number of hydrogen-bond donors (Lipinski definition) is 2. The molecule has 1 aliphatic heterocycles. The van der Waals surface area contributed by atoms with Gasteiger partial charge in [0.1, 0.15) is 5.75 Å². The number of rotatable bonds is 6. The molecule has 1 aromatic rings. The van der Waals surface area contributed by atoms with Crippen LogP contribution in [0.4, 0.5) is 0 Å². The molecule has 0 unspecified atom stereocenters. The summed E-state index contributed by atoms with van der Waals surface area (Å²) in [5, 5.41) is 6.78. The minimum absolute atomic E-state index is 0. The van der Waals surface area contributed by atoms with E-state index in [0.29, 0.717) is 6.54 Å². The number of nitrogens with zero attached hydrogens (tertiary/aromatic N) is 2. The third-order valence-corrected chi connectivity index (χ3v) is 4.53. The molecule has 0 saturated carbocycles. The standard InChI is InChI=1S/C19H32N4O.HI/c1-16-8-9-17(18(14-16)24-3)15-22-19(20-2)21-10-13-23-11-6-4-5-7-12-23;/h8-9,14H,4-7,10-13,15H2,1-3H3,(H2,20,21,22);1H. The molecule has 0 aromatic heterocycles. The van der Waals surface area contributed by atoms with Crippen LogP contribution < -0.4 is 15.4 Å². The highest BCUT2D eigenvalue weighted by molar-refractivity contribution is 14.0. The van der Waals surface area contributed by atoms with Gasteiger partial charge < -0.3 is 20.3 Å². The molecule has 25 heavy (non-hydrogen) atoms. The van der Waals surface area contributed by atoms with Crippen molar-refractivity contribution in [2.24, 2.45) is 4.99 Å². The summed E-state index contributed by atoms with van der Waals surface area (Å²) < 4.78 is 5.46. The molecule has 0 amide bonds. The van der Waals surface area contributed by atoms with Gasteiger partial charge in [0.05, 0.1) is 7.11 Å². The predicted octanol–water partition coefficient (Wildman–Crippen LogP) is 3.16. The topological polar surface area (TPSA) is 48.9 Å². The number of methoxy groups -OCH3 is 1. The van der Waals surface area contributed by atoms with Crippen LogP contribution in [0.1, 0.15) is 36.8 Å². The Morgan fingerprint density at radius 2 is 1.88 bits per heavy atom. The van der Waals surface area contributed by atoms with Crippen LogP contribution >= 0.6 is 24.0 Å². The van der Waals surface area contributed by atoms with Gasteiger partial charge in [0.25, 0.3) is 0 Å². The molecule has 1 aromatic carbocycles.